The van der Waals surface area contributed by atoms with Crippen LogP contribution in [0.5, 0.6) is 0 Å². The Morgan fingerprint density at radius 1 is 0.923 bits per heavy atom. The van der Waals surface area contributed by atoms with E-state index in [1.165, 1.54) is 30.7 Å². The molecular weight excluding hydrogens is 366 g/mol. The Labute approximate surface area is 165 Å². The average molecular weight is 392 g/mol. The molecule has 2 aromatic rings. The average Bonchev–Trinajstić information content (AvgIpc) is 2.82. The molecule has 0 radical (unpaired) electrons. The maximum absolute atomic E-state index is 5.97. The summed E-state index contributed by atoms with van der Waals surface area (Å²) in [6, 6.07) is 8.17. The highest BCUT2D eigenvalue weighted by Gasteiger charge is 2.19. The molecule has 7 heteroatoms. The van der Waals surface area contributed by atoms with Crippen LogP contribution in [0.25, 0.3) is 0 Å². The largest absolute Gasteiger partial charge is 0.304 e. The molecule has 1 saturated heterocycles. The van der Waals surface area contributed by atoms with Gasteiger partial charge >= 0.3 is 0 Å². The van der Waals surface area contributed by atoms with Gasteiger partial charge in [-0.3, -0.25) is 9.80 Å². The summed E-state index contributed by atoms with van der Waals surface area (Å²) >= 11 is 11.6. The Morgan fingerprint density at radius 3 is 2.42 bits per heavy atom. The summed E-state index contributed by atoms with van der Waals surface area (Å²) in [6.07, 6.45) is 4.80. The molecule has 0 aliphatic carbocycles. The number of aryl methyl sites for hydroxylation is 1. The van der Waals surface area contributed by atoms with Gasteiger partial charge in [-0.1, -0.05) is 30.2 Å². The Bertz CT molecular complexity index is 789. The fourth-order valence-corrected chi connectivity index (χ4v) is 4.26. The number of benzene rings is 1. The summed E-state index contributed by atoms with van der Waals surface area (Å²) in [4.78, 5) is 4.96. The van der Waals surface area contributed by atoms with Crippen LogP contribution in [0.15, 0.2) is 24.3 Å². The van der Waals surface area contributed by atoms with E-state index in [4.69, 9.17) is 28.9 Å². The lowest BCUT2D eigenvalue weighted by Crippen LogP contribution is -2.46. The van der Waals surface area contributed by atoms with Crippen LogP contribution in [0.1, 0.15) is 30.7 Å². The van der Waals surface area contributed by atoms with Crippen LogP contribution in [0.2, 0.25) is 5.02 Å². The minimum absolute atomic E-state index is 0.800. The molecule has 0 spiro atoms. The van der Waals surface area contributed by atoms with E-state index in [9.17, 15) is 0 Å². The van der Waals surface area contributed by atoms with Crippen molar-refractivity contribution in [2.24, 2.45) is 0 Å². The van der Waals surface area contributed by atoms with E-state index in [1.807, 2.05) is 16.8 Å². The van der Waals surface area contributed by atoms with Gasteiger partial charge in [-0.2, -0.15) is 5.10 Å². The normalized spacial score (nSPS) is 19.3. The van der Waals surface area contributed by atoms with E-state index in [0.29, 0.717) is 0 Å². The third kappa shape index (κ3) is 4.19. The van der Waals surface area contributed by atoms with Gasteiger partial charge in [0.25, 0.3) is 0 Å². The van der Waals surface area contributed by atoms with Crippen molar-refractivity contribution in [3.05, 3.63) is 45.4 Å². The summed E-state index contributed by atoms with van der Waals surface area (Å²) in [5, 5.41) is 5.61. The first-order valence-corrected chi connectivity index (χ1v) is 10.3. The van der Waals surface area contributed by atoms with Crippen LogP contribution in [-0.4, -0.2) is 50.3 Å². The highest BCUT2D eigenvalue weighted by molar-refractivity contribution is 7.71. The van der Waals surface area contributed by atoms with Crippen molar-refractivity contribution in [2.45, 2.75) is 45.4 Å². The molecule has 0 atom stereocenters. The van der Waals surface area contributed by atoms with Crippen LogP contribution in [0.4, 0.5) is 0 Å². The van der Waals surface area contributed by atoms with Gasteiger partial charge in [-0.25, -0.2) is 4.68 Å². The first kappa shape index (κ1) is 18.2. The van der Waals surface area contributed by atoms with E-state index in [-0.39, 0.29) is 0 Å². The topological polar surface area (TPSA) is 29.2 Å². The van der Waals surface area contributed by atoms with E-state index in [1.54, 1.807) is 0 Å². The summed E-state index contributed by atoms with van der Waals surface area (Å²) in [7, 11) is 0. The predicted molar refractivity (Wildman–Crippen MR) is 107 cm³/mol. The molecule has 0 saturated carbocycles. The summed E-state index contributed by atoms with van der Waals surface area (Å²) in [5.41, 5.74) is 1.32. The Morgan fingerprint density at radius 2 is 1.65 bits per heavy atom. The van der Waals surface area contributed by atoms with Crippen molar-refractivity contribution in [3.63, 3.8) is 0 Å². The zero-order valence-electron chi connectivity index (χ0n) is 15.1. The molecule has 2 aliphatic heterocycles. The number of piperazine rings is 1. The Balaban J connectivity index is 1.33. The molecule has 5 nitrogen and oxygen atoms in total. The number of hydrogen-bond acceptors (Lipinski definition) is 4. The fraction of sp³-hybridized carbons (Fsp3) is 0.579. The first-order valence-electron chi connectivity index (χ1n) is 9.55. The molecule has 4 rings (SSSR count). The van der Waals surface area contributed by atoms with Crippen molar-refractivity contribution in [1.82, 2.24) is 24.1 Å². The lowest BCUT2D eigenvalue weighted by molar-refractivity contribution is 0.0979. The van der Waals surface area contributed by atoms with Gasteiger partial charge < -0.3 is 4.57 Å². The highest BCUT2D eigenvalue weighted by atomic mass is 35.5. The SMILES string of the molecule is S=c1n(CN2CCN(Cc3ccc(Cl)cc3)CC2)nc2n1CCCCC2. The zero-order chi connectivity index (χ0) is 17.9. The third-order valence-corrected chi connectivity index (χ3v) is 6.08. The van der Waals surface area contributed by atoms with Gasteiger partial charge in [0.2, 0.25) is 0 Å². The van der Waals surface area contributed by atoms with E-state index >= 15 is 0 Å². The van der Waals surface area contributed by atoms with Crippen molar-refractivity contribution in [3.8, 4) is 0 Å². The van der Waals surface area contributed by atoms with Crippen LogP contribution in [0.3, 0.4) is 0 Å². The number of hydrogen-bond donors (Lipinski definition) is 0. The van der Waals surface area contributed by atoms with Crippen molar-refractivity contribution >= 4 is 23.8 Å². The lowest BCUT2D eigenvalue weighted by atomic mass is 10.2. The lowest BCUT2D eigenvalue weighted by Gasteiger charge is -2.34. The zero-order valence-corrected chi connectivity index (χ0v) is 16.7. The second-order valence-electron chi connectivity index (χ2n) is 7.32. The van der Waals surface area contributed by atoms with Gasteiger partial charge in [0.05, 0.1) is 6.67 Å². The highest BCUT2D eigenvalue weighted by Crippen LogP contribution is 2.16. The monoisotopic (exact) mass is 391 g/mol. The second kappa shape index (κ2) is 8.21. The second-order valence-corrected chi connectivity index (χ2v) is 8.12. The summed E-state index contributed by atoms with van der Waals surface area (Å²) < 4.78 is 5.18. The molecule has 140 valence electrons. The number of halogens is 1. The van der Waals surface area contributed by atoms with Gasteiger partial charge in [-0.15, -0.1) is 0 Å². The maximum Gasteiger partial charge on any atom is 0.199 e. The predicted octanol–water partition coefficient (Wildman–Crippen LogP) is 3.57. The van der Waals surface area contributed by atoms with Crippen molar-refractivity contribution < 1.29 is 0 Å². The van der Waals surface area contributed by atoms with E-state index in [2.05, 4.69) is 26.5 Å². The van der Waals surface area contributed by atoms with Gasteiger partial charge in [-0.05, 0) is 42.8 Å². The molecule has 0 unspecified atom stereocenters. The molecule has 1 fully saturated rings. The molecule has 0 N–H and O–H groups in total. The first-order chi connectivity index (χ1) is 12.7. The Hall–Kier alpha value is -1.21. The molecule has 1 aromatic carbocycles. The Kier molecular flexibility index (Phi) is 5.74. The molecule has 3 heterocycles. The fourth-order valence-electron chi connectivity index (χ4n) is 3.84. The number of aromatic nitrogens is 3. The molecule has 0 bridgehead atoms. The van der Waals surface area contributed by atoms with Gasteiger partial charge in [0.15, 0.2) is 4.77 Å². The smallest absolute Gasteiger partial charge is 0.199 e. The van der Waals surface area contributed by atoms with Gasteiger partial charge in [0, 0.05) is 50.7 Å². The number of fused-ring (bicyclic) bond motifs is 1. The van der Waals surface area contributed by atoms with E-state index in [0.717, 1.165) is 62.2 Å². The summed E-state index contributed by atoms with van der Waals surface area (Å²) in [6.45, 7) is 7.09. The molecule has 2 aliphatic rings. The van der Waals surface area contributed by atoms with Crippen LogP contribution < -0.4 is 0 Å². The van der Waals surface area contributed by atoms with Crippen molar-refractivity contribution in [2.75, 3.05) is 26.2 Å². The molecule has 0 amide bonds. The summed E-state index contributed by atoms with van der Waals surface area (Å²) in [5.74, 6) is 1.17. The van der Waals surface area contributed by atoms with Crippen LogP contribution in [-0.2, 0) is 26.2 Å². The number of nitrogens with zero attached hydrogens (tertiary/aromatic N) is 5. The molecule has 1 aromatic heterocycles. The maximum atomic E-state index is 5.97. The molecular formula is C19H26ClN5S. The van der Waals surface area contributed by atoms with Crippen LogP contribution >= 0.6 is 23.8 Å². The van der Waals surface area contributed by atoms with Crippen LogP contribution in [0, 0.1) is 4.77 Å². The minimum atomic E-state index is 0.800. The van der Waals surface area contributed by atoms with Gasteiger partial charge in [0.1, 0.15) is 5.82 Å². The minimum Gasteiger partial charge on any atom is -0.304 e. The quantitative estimate of drug-likeness (QED) is 0.745. The third-order valence-electron chi connectivity index (χ3n) is 5.40. The standard InChI is InChI=1S/C19H26ClN5S/c20-17-7-5-16(6-8-17)14-22-10-12-23(13-11-22)15-25-19(26)24-9-3-1-2-4-18(24)21-25/h5-8H,1-4,9-15H2. The number of rotatable bonds is 4. The van der Waals surface area contributed by atoms with Crippen molar-refractivity contribution in [1.29, 1.82) is 0 Å². The molecule has 26 heavy (non-hydrogen) atoms. The van der Waals surface area contributed by atoms with E-state index < -0.39 is 0 Å².